The lowest BCUT2D eigenvalue weighted by atomic mass is 10.2. The first-order chi connectivity index (χ1) is 14.3. The summed E-state index contributed by atoms with van der Waals surface area (Å²) in [6, 6.07) is 8.53. The van der Waals surface area contributed by atoms with Gasteiger partial charge in [-0.1, -0.05) is 37.3 Å². The highest BCUT2D eigenvalue weighted by Crippen LogP contribution is 2.28. The van der Waals surface area contributed by atoms with Crippen LogP contribution < -0.4 is 5.56 Å². The fraction of sp³-hybridized carbons (Fsp3) is 0.364. The largest absolute Gasteiger partial charge is 0.461 e. The highest BCUT2D eigenvalue weighted by Gasteiger charge is 2.24. The third-order valence-electron chi connectivity index (χ3n) is 4.92. The van der Waals surface area contributed by atoms with Gasteiger partial charge >= 0.3 is 11.9 Å². The number of fused-ring (bicyclic) bond motifs is 1. The van der Waals surface area contributed by atoms with Gasteiger partial charge in [0.25, 0.3) is 5.56 Å². The molecule has 0 amide bonds. The van der Waals surface area contributed by atoms with Gasteiger partial charge in [0, 0.05) is 0 Å². The van der Waals surface area contributed by atoms with Gasteiger partial charge < -0.3 is 9.47 Å². The van der Waals surface area contributed by atoms with Crippen molar-refractivity contribution in [3.8, 4) is 0 Å². The fourth-order valence-corrected chi connectivity index (χ4v) is 3.92. The molecule has 1 aromatic carbocycles. The first-order valence-corrected chi connectivity index (χ1v) is 10.6. The predicted molar refractivity (Wildman–Crippen MR) is 115 cm³/mol. The fourth-order valence-electron chi connectivity index (χ4n) is 2.89. The molecule has 0 bridgehead atoms. The Morgan fingerprint density at radius 2 is 1.90 bits per heavy atom. The minimum atomic E-state index is -0.823. The molecule has 0 aliphatic rings. The summed E-state index contributed by atoms with van der Waals surface area (Å²) in [6.45, 7) is 7.13. The molecule has 0 fully saturated rings. The van der Waals surface area contributed by atoms with Crippen molar-refractivity contribution in [2.75, 3.05) is 0 Å². The molecular weight excluding hydrogens is 404 g/mol. The van der Waals surface area contributed by atoms with Crippen LogP contribution in [0, 0.1) is 6.92 Å². The molecule has 0 aliphatic heterocycles. The molecule has 30 heavy (non-hydrogen) atoms. The van der Waals surface area contributed by atoms with E-state index in [2.05, 4.69) is 4.98 Å². The van der Waals surface area contributed by atoms with E-state index in [1.807, 2.05) is 37.3 Å². The normalized spacial score (nSPS) is 13.1. The van der Waals surface area contributed by atoms with Crippen LogP contribution in [0.2, 0.25) is 0 Å². The van der Waals surface area contributed by atoms with E-state index in [1.54, 1.807) is 20.8 Å². The van der Waals surface area contributed by atoms with E-state index in [1.165, 1.54) is 10.9 Å². The van der Waals surface area contributed by atoms with Crippen LogP contribution in [0.4, 0.5) is 0 Å². The number of aromatic nitrogens is 2. The summed E-state index contributed by atoms with van der Waals surface area (Å²) in [4.78, 5) is 43.0. The number of ether oxygens (including phenoxy) is 2. The smallest absolute Gasteiger partial charge is 0.349 e. The Morgan fingerprint density at radius 1 is 1.20 bits per heavy atom. The van der Waals surface area contributed by atoms with E-state index in [9.17, 15) is 14.4 Å². The van der Waals surface area contributed by atoms with Crippen molar-refractivity contribution >= 4 is 33.5 Å². The lowest BCUT2D eigenvalue weighted by Crippen LogP contribution is -2.31. The molecule has 2 heterocycles. The van der Waals surface area contributed by atoms with E-state index in [0.29, 0.717) is 27.1 Å². The van der Waals surface area contributed by atoms with E-state index >= 15 is 0 Å². The van der Waals surface area contributed by atoms with Gasteiger partial charge in [-0.3, -0.25) is 9.36 Å². The van der Waals surface area contributed by atoms with E-state index in [0.717, 1.165) is 16.9 Å². The lowest BCUT2D eigenvalue weighted by Gasteiger charge is -2.17. The first-order valence-electron chi connectivity index (χ1n) is 9.75. The predicted octanol–water partition coefficient (Wildman–Crippen LogP) is 4.03. The molecule has 7 nitrogen and oxygen atoms in total. The molecule has 3 aromatic rings. The summed E-state index contributed by atoms with van der Waals surface area (Å²) in [6.07, 6.45) is 1.77. The molecule has 3 rings (SSSR count). The number of hydrogen-bond donors (Lipinski definition) is 0. The number of nitrogens with zero attached hydrogens (tertiary/aromatic N) is 2. The first kappa shape index (κ1) is 21.7. The Balaban J connectivity index is 1.87. The molecule has 0 aliphatic carbocycles. The molecule has 0 N–H and O–H groups in total. The van der Waals surface area contributed by atoms with E-state index in [4.69, 9.17) is 9.47 Å². The monoisotopic (exact) mass is 428 g/mol. The Labute approximate surface area is 178 Å². The molecular formula is C22H24N2O5S. The maximum absolute atomic E-state index is 13.0. The molecule has 0 saturated heterocycles. The van der Waals surface area contributed by atoms with Crippen molar-refractivity contribution in [3.63, 3.8) is 0 Å². The van der Waals surface area contributed by atoms with Crippen molar-refractivity contribution in [2.45, 2.75) is 52.9 Å². The van der Waals surface area contributed by atoms with E-state index < -0.39 is 18.0 Å². The number of esters is 2. The summed E-state index contributed by atoms with van der Waals surface area (Å²) < 4.78 is 12.0. The average molecular weight is 429 g/mol. The van der Waals surface area contributed by atoms with Crippen molar-refractivity contribution in [2.24, 2.45) is 0 Å². The van der Waals surface area contributed by atoms with Crippen LogP contribution in [0.25, 0.3) is 10.2 Å². The summed E-state index contributed by atoms with van der Waals surface area (Å²) in [5, 5.41) is 0.317. The van der Waals surface area contributed by atoms with Crippen molar-refractivity contribution in [1.29, 1.82) is 0 Å². The molecule has 0 radical (unpaired) electrons. The van der Waals surface area contributed by atoms with Gasteiger partial charge in [-0.25, -0.2) is 14.6 Å². The number of hydrogen-bond acceptors (Lipinski definition) is 7. The zero-order valence-corrected chi connectivity index (χ0v) is 18.2. The van der Waals surface area contributed by atoms with Crippen LogP contribution in [0.1, 0.15) is 54.0 Å². The lowest BCUT2D eigenvalue weighted by molar-refractivity contribution is -0.152. The Morgan fingerprint density at radius 3 is 2.57 bits per heavy atom. The van der Waals surface area contributed by atoms with Gasteiger partial charge in [-0.05, 0) is 38.3 Å². The van der Waals surface area contributed by atoms with E-state index in [-0.39, 0.29) is 18.3 Å². The topological polar surface area (TPSA) is 87.5 Å². The number of carbonyl (C=O) groups is 2. The second-order valence-electron chi connectivity index (χ2n) is 7.09. The van der Waals surface area contributed by atoms with Gasteiger partial charge in [-0.2, -0.15) is 0 Å². The second-order valence-corrected chi connectivity index (χ2v) is 8.09. The third-order valence-corrected chi connectivity index (χ3v) is 6.10. The third kappa shape index (κ3) is 4.43. The zero-order valence-electron chi connectivity index (χ0n) is 17.4. The van der Waals surface area contributed by atoms with Gasteiger partial charge in [0.15, 0.2) is 0 Å². The molecule has 158 valence electrons. The highest BCUT2D eigenvalue weighted by molar-refractivity contribution is 7.20. The number of aryl methyl sites for hydroxylation is 1. The molecule has 0 saturated carbocycles. The van der Waals surface area contributed by atoms with Crippen LogP contribution in [-0.4, -0.2) is 27.6 Å². The second kappa shape index (κ2) is 9.21. The molecule has 2 unspecified atom stereocenters. The maximum Gasteiger partial charge on any atom is 0.349 e. The van der Waals surface area contributed by atoms with Gasteiger partial charge in [0.05, 0.1) is 17.8 Å². The number of benzene rings is 1. The van der Waals surface area contributed by atoms with Crippen molar-refractivity contribution in [3.05, 3.63) is 63.0 Å². The van der Waals surface area contributed by atoms with Crippen LogP contribution in [0.3, 0.4) is 0 Å². The number of thiophene rings is 1. The molecule has 2 aromatic heterocycles. The maximum atomic E-state index is 13.0. The van der Waals surface area contributed by atoms with Gasteiger partial charge in [-0.15, -0.1) is 11.3 Å². The summed E-state index contributed by atoms with van der Waals surface area (Å²) in [5.41, 5.74) is 0.991. The molecule has 8 heteroatoms. The van der Waals surface area contributed by atoms with Gasteiger partial charge in [0.1, 0.15) is 22.4 Å². The zero-order chi connectivity index (χ0) is 21.8. The molecule has 2 atom stereocenters. The Bertz CT molecular complexity index is 1120. The Hall–Kier alpha value is -3.00. The summed E-state index contributed by atoms with van der Waals surface area (Å²) in [5.74, 6) is -1.00. The summed E-state index contributed by atoms with van der Waals surface area (Å²) >= 11 is 1.11. The highest BCUT2D eigenvalue weighted by atomic mass is 32.1. The summed E-state index contributed by atoms with van der Waals surface area (Å²) in [7, 11) is 0. The van der Waals surface area contributed by atoms with Crippen LogP contribution in [0.5, 0.6) is 0 Å². The van der Waals surface area contributed by atoms with Crippen molar-refractivity contribution in [1.82, 2.24) is 9.55 Å². The quantitative estimate of drug-likeness (QED) is 0.528. The minimum absolute atomic E-state index is 0.142. The van der Waals surface area contributed by atoms with Crippen LogP contribution >= 0.6 is 11.3 Å². The van der Waals surface area contributed by atoms with Crippen LogP contribution in [0.15, 0.2) is 41.5 Å². The molecule has 0 spiro atoms. The number of rotatable bonds is 7. The van der Waals surface area contributed by atoms with Crippen LogP contribution in [-0.2, 0) is 20.9 Å². The van der Waals surface area contributed by atoms with Crippen molar-refractivity contribution < 1.29 is 19.1 Å². The standard InChI is InChI=1S/C22H24N2O5S/c1-5-13(2)29-21(26)15(4)24-12-23-19-17(20(24)25)14(3)18(30-19)22(27)28-11-16-9-7-6-8-10-16/h6-10,12-13,15H,5,11H2,1-4H3. The Kier molecular flexibility index (Phi) is 6.66. The number of carbonyl (C=O) groups excluding carboxylic acids is 2. The van der Waals surface area contributed by atoms with Gasteiger partial charge in [0.2, 0.25) is 0 Å². The minimum Gasteiger partial charge on any atom is -0.461 e. The SMILES string of the molecule is CCC(C)OC(=O)C(C)n1cnc2sc(C(=O)OCc3ccccc3)c(C)c2c1=O. The average Bonchev–Trinajstić information content (AvgIpc) is 3.09.